The first kappa shape index (κ1) is 14.8. The number of hydrogen-bond donors (Lipinski definition) is 1. The van der Waals surface area contributed by atoms with E-state index in [1.165, 1.54) is 12.8 Å². The SMILES string of the molecule is CCCN(CC1CCCNC1)C(=O)C1CCN(C)C1. The quantitative estimate of drug-likeness (QED) is 0.812. The standard InChI is InChI=1S/C15H29N3O/c1-3-8-18(11-13-5-4-7-16-10-13)15(19)14-6-9-17(2)12-14/h13-14,16H,3-12H2,1-2H3. The minimum atomic E-state index is 0.244. The van der Waals surface area contributed by atoms with Crippen molar-refractivity contribution in [2.75, 3.05) is 46.3 Å². The lowest BCUT2D eigenvalue weighted by atomic mass is 9.98. The molecule has 19 heavy (non-hydrogen) atoms. The van der Waals surface area contributed by atoms with Gasteiger partial charge in [0.05, 0.1) is 5.92 Å². The molecule has 0 aromatic carbocycles. The smallest absolute Gasteiger partial charge is 0.227 e. The summed E-state index contributed by atoms with van der Waals surface area (Å²) in [7, 11) is 2.11. The van der Waals surface area contributed by atoms with Crippen molar-refractivity contribution < 1.29 is 4.79 Å². The molecule has 0 radical (unpaired) electrons. The average molecular weight is 267 g/mol. The van der Waals surface area contributed by atoms with E-state index in [0.717, 1.165) is 52.1 Å². The molecule has 2 rings (SSSR count). The number of piperidine rings is 1. The number of hydrogen-bond acceptors (Lipinski definition) is 3. The third-order valence-electron chi connectivity index (χ3n) is 4.42. The summed E-state index contributed by atoms with van der Waals surface area (Å²) in [4.78, 5) is 17.0. The van der Waals surface area contributed by atoms with E-state index in [2.05, 4.69) is 29.1 Å². The molecule has 2 fully saturated rings. The zero-order valence-corrected chi connectivity index (χ0v) is 12.5. The number of nitrogens with zero attached hydrogens (tertiary/aromatic N) is 2. The van der Waals surface area contributed by atoms with Crippen molar-refractivity contribution in [2.24, 2.45) is 11.8 Å². The highest BCUT2D eigenvalue weighted by molar-refractivity contribution is 5.79. The maximum absolute atomic E-state index is 12.6. The van der Waals surface area contributed by atoms with Crippen LogP contribution >= 0.6 is 0 Å². The Morgan fingerprint density at radius 2 is 2.26 bits per heavy atom. The fourth-order valence-electron chi connectivity index (χ4n) is 3.35. The monoisotopic (exact) mass is 267 g/mol. The van der Waals surface area contributed by atoms with Gasteiger partial charge < -0.3 is 15.1 Å². The Balaban J connectivity index is 1.88. The van der Waals surface area contributed by atoms with Crippen LogP contribution in [0.1, 0.15) is 32.6 Å². The van der Waals surface area contributed by atoms with Crippen molar-refractivity contribution >= 4 is 5.91 Å². The summed E-state index contributed by atoms with van der Waals surface area (Å²) >= 11 is 0. The maximum atomic E-state index is 12.6. The first-order chi connectivity index (χ1) is 9.20. The molecule has 2 aliphatic rings. The lowest BCUT2D eigenvalue weighted by Crippen LogP contribution is -2.44. The fraction of sp³-hybridized carbons (Fsp3) is 0.933. The van der Waals surface area contributed by atoms with Crippen LogP contribution in [0.4, 0.5) is 0 Å². The van der Waals surface area contributed by atoms with Crippen molar-refractivity contribution in [1.82, 2.24) is 15.1 Å². The highest BCUT2D eigenvalue weighted by atomic mass is 16.2. The van der Waals surface area contributed by atoms with Gasteiger partial charge in [-0.25, -0.2) is 0 Å². The second-order valence-electron chi connectivity index (χ2n) is 6.24. The van der Waals surface area contributed by atoms with E-state index in [0.29, 0.717) is 11.8 Å². The lowest BCUT2D eigenvalue weighted by molar-refractivity contribution is -0.135. The van der Waals surface area contributed by atoms with Gasteiger partial charge in [-0.3, -0.25) is 4.79 Å². The van der Waals surface area contributed by atoms with Crippen LogP contribution < -0.4 is 5.32 Å². The molecule has 110 valence electrons. The van der Waals surface area contributed by atoms with Gasteiger partial charge in [0.15, 0.2) is 0 Å². The van der Waals surface area contributed by atoms with Crippen molar-refractivity contribution in [2.45, 2.75) is 32.6 Å². The number of carbonyl (C=O) groups is 1. The van der Waals surface area contributed by atoms with Gasteiger partial charge in [0.1, 0.15) is 0 Å². The number of rotatable bonds is 5. The molecule has 0 spiro atoms. The molecule has 2 aliphatic heterocycles. The summed E-state index contributed by atoms with van der Waals surface area (Å²) in [5.74, 6) is 1.30. The summed E-state index contributed by atoms with van der Waals surface area (Å²) in [6.45, 7) is 8.29. The van der Waals surface area contributed by atoms with Gasteiger partial charge >= 0.3 is 0 Å². The number of carbonyl (C=O) groups excluding carboxylic acids is 1. The average Bonchev–Trinajstić information content (AvgIpc) is 2.85. The Morgan fingerprint density at radius 3 is 2.84 bits per heavy atom. The Morgan fingerprint density at radius 1 is 1.42 bits per heavy atom. The van der Waals surface area contributed by atoms with E-state index in [1.807, 2.05) is 0 Å². The molecule has 4 nitrogen and oxygen atoms in total. The Hall–Kier alpha value is -0.610. The van der Waals surface area contributed by atoms with Crippen LogP contribution in [0.5, 0.6) is 0 Å². The van der Waals surface area contributed by atoms with Crippen LogP contribution in [0.25, 0.3) is 0 Å². The molecule has 2 saturated heterocycles. The first-order valence-electron chi connectivity index (χ1n) is 7.88. The molecule has 2 unspecified atom stereocenters. The van der Waals surface area contributed by atoms with Crippen molar-refractivity contribution in [3.05, 3.63) is 0 Å². The van der Waals surface area contributed by atoms with Gasteiger partial charge in [-0.05, 0) is 58.3 Å². The second-order valence-corrected chi connectivity index (χ2v) is 6.24. The van der Waals surface area contributed by atoms with Crippen LogP contribution in [-0.2, 0) is 4.79 Å². The Kier molecular flexibility index (Phi) is 5.64. The highest BCUT2D eigenvalue weighted by Crippen LogP contribution is 2.19. The topological polar surface area (TPSA) is 35.6 Å². The van der Waals surface area contributed by atoms with E-state index in [9.17, 15) is 4.79 Å². The largest absolute Gasteiger partial charge is 0.342 e. The van der Waals surface area contributed by atoms with Crippen LogP contribution in [0.3, 0.4) is 0 Å². The zero-order valence-electron chi connectivity index (χ0n) is 12.5. The van der Waals surface area contributed by atoms with E-state index >= 15 is 0 Å². The van der Waals surface area contributed by atoms with Crippen molar-refractivity contribution in [3.8, 4) is 0 Å². The predicted octanol–water partition coefficient (Wildman–Crippen LogP) is 1.18. The van der Waals surface area contributed by atoms with E-state index in [1.54, 1.807) is 0 Å². The molecule has 2 heterocycles. The Labute approximate surface area is 117 Å². The fourth-order valence-corrected chi connectivity index (χ4v) is 3.35. The van der Waals surface area contributed by atoms with Crippen LogP contribution in [0.15, 0.2) is 0 Å². The molecule has 0 aromatic rings. The van der Waals surface area contributed by atoms with Gasteiger partial charge in [0.25, 0.3) is 0 Å². The number of likely N-dealkylation sites (tertiary alicyclic amines) is 1. The third kappa shape index (κ3) is 4.18. The van der Waals surface area contributed by atoms with Gasteiger partial charge in [-0.15, -0.1) is 0 Å². The Bertz CT molecular complexity index is 289. The molecule has 0 saturated carbocycles. The molecule has 1 N–H and O–H groups in total. The van der Waals surface area contributed by atoms with E-state index in [4.69, 9.17) is 0 Å². The molecule has 4 heteroatoms. The van der Waals surface area contributed by atoms with Gasteiger partial charge in [0, 0.05) is 19.6 Å². The van der Waals surface area contributed by atoms with Gasteiger partial charge in [0.2, 0.25) is 5.91 Å². The summed E-state index contributed by atoms with van der Waals surface area (Å²) in [5, 5.41) is 3.45. The minimum absolute atomic E-state index is 0.244. The summed E-state index contributed by atoms with van der Waals surface area (Å²) in [6.07, 6.45) is 4.63. The minimum Gasteiger partial charge on any atom is -0.342 e. The summed E-state index contributed by atoms with van der Waals surface area (Å²) < 4.78 is 0. The summed E-state index contributed by atoms with van der Waals surface area (Å²) in [5.41, 5.74) is 0. The van der Waals surface area contributed by atoms with E-state index < -0.39 is 0 Å². The highest BCUT2D eigenvalue weighted by Gasteiger charge is 2.30. The number of amides is 1. The van der Waals surface area contributed by atoms with Crippen molar-refractivity contribution in [1.29, 1.82) is 0 Å². The molecule has 2 atom stereocenters. The van der Waals surface area contributed by atoms with Gasteiger partial charge in [-0.1, -0.05) is 6.92 Å². The summed E-state index contributed by atoms with van der Waals surface area (Å²) in [6, 6.07) is 0. The predicted molar refractivity (Wildman–Crippen MR) is 78.1 cm³/mol. The third-order valence-corrected chi connectivity index (χ3v) is 4.42. The molecular formula is C15H29N3O. The van der Waals surface area contributed by atoms with Crippen LogP contribution in [0.2, 0.25) is 0 Å². The van der Waals surface area contributed by atoms with Crippen LogP contribution in [-0.4, -0.2) is 62.0 Å². The molecule has 0 bridgehead atoms. The van der Waals surface area contributed by atoms with Crippen molar-refractivity contribution in [3.63, 3.8) is 0 Å². The lowest BCUT2D eigenvalue weighted by Gasteiger charge is -2.31. The number of nitrogens with one attached hydrogen (secondary N) is 1. The molecule has 1 amide bonds. The normalized spacial score (nSPS) is 28.5. The maximum Gasteiger partial charge on any atom is 0.227 e. The molecule has 0 aliphatic carbocycles. The molecular weight excluding hydrogens is 238 g/mol. The zero-order chi connectivity index (χ0) is 13.7. The second kappa shape index (κ2) is 7.25. The van der Waals surface area contributed by atoms with Gasteiger partial charge in [-0.2, -0.15) is 0 Å². The first-order valence-corrected chi connectivity index (χ1v) is 7.88. The van der Waals surface area contributed by atoms with Crippen LogP contribution in [0, 0.1) is 11.8 Å². The van der Waals surface area contributed by atoms with E-state index in [-0.39, 0.29) is 5.92 Å². The molecule has 0 aromatic heterocycles.